The maximum atomic E-state index is 5.43. The van der Waals surface area contributed by atoms with Crippen molar-refractivity contribution < 1.29 is 4.74 Å². The molecule has 0 aromatic rings. The fourth-order valence-corrected chi connectivity index (χ4v) is 4.79. The first-order valence-electron chi connectivity index (χ1n) is 7.46. The van der Waals surface area contributed by atoms with E-state index in [-0.39, 0.29) is 0 Å². The summed E-state index contributed by atoms with van der Waals surface area (Å²) in [6, 6.07) is 0. The zero-order valence-electron chi connectivity index (χ0n) is 11.5. The van der Waals surface area contributed by atoms with Crippen LogP contribution in [0.3, 0.4) is 0 Å². The Morgan fingerprint density at radius 1 is 1.11 bits per heavy atom. The van der Waals surface area contributed by atoms with E-state index in [1.807, 2.05) is 0 Å². The third-order valence-corrected chi connectivity index (χ3v) is 5.54. The van der Waals surface area contributed by atoms with Gasteiger partial charge < -0.3 is 9.64 Å². The van der Waals surface area contributed by atoms with E-state index >= 15 is 0 Å². The van der Waals surface area contributed by atoms with Crippen molar-refractivity contribution in [2.24, 2.45) is 5.41 Å². The molecule has 0 radical (unpaired) electrons. The molecule has 2 bridgehead atoms. The molecule has 3 saturated carbocycles. The molecule has 18 heavy (non-hydrogen) atoms. The molecule has 5 aliphatic rings. The summed E-state index contributed by atoms with van der Waals surface area (Å²) in [5, 5.41) is 0. The topological polar surface area (TPSA) is 15.7 Å². The third-order valence-electron chi connectivity index (χ3n) is 5.54. The van der Waals surface area contributed by atoms with Crippen molar-refractivity contribution in [3.05, 3.63) is 11.8 Å². The molecule has 0 aromatic heterocycles. The second-order valence-electron chi connectivity index (χ2n) is 7.06. The molecule has 3 nitrogen and oxygen atoms in total. The normalized spacial score (nSPS) is 44.1. The molecule has 3 heteroatoms. The van der Waals surface area contributed by atoms with Gasteiger partial charge in [-0.25, -0.2) is 0 Å². The van der Waals surface area contributed by atoms with E-state index in [4.69, 9.17) is 4.74 Å². The average molecular weight is 248 g/mol. The van der Waals surface area contributed by atoms with Crippen LogP contribution in [0.1, 0.15) is 32.6 Å². The van der Waals surface area contributed by atoms with Crippen LogP contribution in [0.15, 0.2) is 11.8 Å². The number of ether oxygens (including phenoxy) is 1. The zero-order valence-corrected chi connectivity index (χ0v) is 11.5. The van der Waals surface area contributed by atoms with Crippen LogP contribution >= 0.6 is 0 Å². The van der Waals surface area contributed by atoms with Crippen molar-refractivity contribution in [1.29, 1.82) is 0 Å². The summed E-state index contributed by atoms with van der Waals surface area (Å²) in [6.45, 7) is 8.91. The molecule has 100 valence electrons. The van der Waals surface area contributed by atoms with E-state index in [2.05, 4.69) is 22.8 Å². The molecule has 2 heterocycles. The van der Waals surface area contributed by atoms with E-state index in [0.29, 0.717) is 5.54 Å². The number of morpholine rings is 1. The van der Waals surface area contributed by atoms with Gasteiger partial charge in [-0.05, 0) is 31.1 Å². The van der Waals surface area contributed by atoms with Crippen molar-refractivity contribution in [3.63, 3.8) is 0 Å². The first kappa shape index (κ1) is 11.3. The van der Waals surface area contributed by atoms with Gasteiger partial charge in [-0.2, -0.15) is 0 Å². The smallest absolute Gasteiger partial charge is 0.0642 e. The number of rotatable bonds is 2. The lowest BCUT2D eigenvalue weighted by atomic mass is 9.39. The predicted octanol–water partition coefficient (Wildman–Crippen LogP) is 1.85. The summed E-state index contributed by atoms with van der Waals surface area (Å²) >= 11 is 0. The molecule has 4 fully saturated rings. The zero-order chi connectivity index (χ0) is 12.2. The lowest BCUT2D eigenvalue weighted by Crippen LogP contribution is -2.74. The SMILES string of the molecule is CC12CC(N3CC=C(N4CCOCC4)CC3)(C1)C2. The molecule has 0 unspecified atom stereocenters. The fourth-order valence-electron chi connectivity index (χ4n) is 4.79. The fraction of sp³-hybridized carbons (Fsp3) is 0.867. The van der Waals surface area contributed by atoms with Gasteiger partial charge in [0, 0.05) is 37.4 Å². The molecular weight excluding hydrogens is 224 g/mol. The van der Waals surface area contributed by atoms with Crippen LogP contribution in [0.25, 0.3) is 0 Å². The van der Waals surface area contributed by atoms with Crippen molar-refractivity contribution >= 4 is 0 Å². The quantitative estimate of drug-likeness (QED) is 0.742. The first-order valence-corrected chi connectivity index (χ1v) is 7.46. The lowest BCUT2D eigenvalue weighted by Gasteiger charge is -2.73. The highest BCUT2D eigenvalue weighted by Crippen LogP contribution is 2.69. The summed E-state index contributed by atoms with van der Waals surface area (Å²) in [4.78, 5) is 5.28. The van der Waals surface area contributed by atoms with E-state index in [0.717, 1.165) is 31.7 Å². The maximum absolute atomic E-state index is 5.43. The average Bonchev–Trinajstić information content (AvgIpc) is 2.35. The Hall–Kier alpha value is -0.540. The summed E-state index contributed by atoms with van der Waals surface area (Å²) in [5.74, 6) is 0. The van der Waals surface area contributed by atoms with Crippen molar-refractivity contribution in [2.45, 2.75) is 38.1 Å². The largest absolute Gasteiger partial charge is 0.378 e. The number of nitrogens with zero attached hydrogens (tertiary/aromatic N) is 2. The van der Waals surface area contributed by atoms with E-state index in [1.54, 1.807) is 5.70 Å². The van der Waals surface area contributed by atoms with Gasteiger partial charge in [0.2, 0.25) is 0 Å². The van der Waals surface area contributed by atoms with E-state index in [1.165, 1.54) is 38.8 Å². The summed E-state index contributed by atoms with van der Waals surface area (Å²) in [6.07, 6.45) is 8.11. The van der Waals surface area contributed by atoms with Gasteiger partial charge in [0.25, 0.3) is 0 Å². The van der Waals surface area contributed by atoms with Gasteiger partial charge in [-0.3, -0.25) is 4.90 Å². The molecule has 0 spiro atoms. The number of hydrogen-bond donors (Lipinski definition) is 0. The molecule has 1 saturated heterocycles. The molecule has 5 rings (SSSR count). The maximum Gasteiger partial charge on any atom is 0.0642 e. The molecule has 2 aliphatic heterocycles. The highest BCUT2D eigenvalue weighted by molar-refractivity contribution is 5.24. The molecule has 0 N–H and O–H groups in total. The van der Waals surface area contributed by atoms with Gasteiger partial charge in [0.15, 0.2) is 0 Å². The third kappa shape index (κ3) is 1.56. The minimum absolute atomic E-state index is 0.627. The molecular formula is C15H24N2O. The van der Waals surface area contributed by atoms with Crippen LogP contribution in [0.4, 0.5) is 0 Å². The standard InChI is InChI=1S/C15H24N2O/c1-14-10-15(11-14,12-14)17-4-2-13(3-5-17)16-6-8-18-9-7-16/h2H,3-12H2,1H3. The van der Waals surface area contributed by atoms with Crippen LogP contribution < -0.4 is 0 Å². The molecule has 3 aliphatic carbocycles. The van der Waals surface area contributed by atoms with Crippen LogP contribution in [0, 0.1) is 5.41 Å². The highest BCUT2D eigenvalue weighted by Gasteiger charge is 2.67. The Morgan fingerprint density at radius 2 is 1.83 bits per heavy atom. The summed E-state index contributed by atoms with van der Waals surface area (Å²) in [5.41, 5.74) is 2.93. The predicted molar refractivity (Wildman–Crippen MR) is 71.4 cm³/mol. The molecule has 0 atom stereocenters. The summed E-state index contributed by atoms with van der Waals surface area (Å²) in [7, 11) is 0. The minimum Gasteiger partial charge on any atom is -0.378 e. The highest BCUT2D eigenvalue weighted by atomic mass is 16.5. The van der Waals surface area contributed by atoms with Crippen LogP contribution in [0.5, 0.6) is 0 Å². The number of hydrogen-bond acceptors (Lipinski definition) is 3. The Bertz CT molecular complexity index is 364. The van der Waals surface area contributed by atoms with Crippen molar-refractivity contribution in [3.8, 4) is 0 Å². The minimum atomic E-state index is 0.627. The van der Waals surface area contributed by atoms with E-state index < -0.39 is 0 Å². The van der Waals surface area contributed by atoms with Crippen molar-refractivity contribution in [2.75, 3.05) is 39.4 Å². The van der Waals surface area contributed by atoms with Crippen LogP contribution in [0.2, 0.25) is 0 Å². The van der Waals surface area contributed by atoms with Gasteiger partial charge in [-0.1, -0.05) is 13.0 Å². The summed E-state index contributed by atoms with van der Waals surface area (Å²) < 4.78 is 5.43. The van der Waals surface area contributed by atoms with Gasteiger partial charge in [-0.15, -0.1) is 0 Å². The Kier molecular flexibility index (Phi) is 2.34. The van der Waals surface area contributed by atoms with Crippen LogP contribution in [-0.2, 0) is 4.74 Å². The van der Waals surface area contributed by atoms with Gasteiger partial charge in [0.1, 0.15) is 0 Å². The second kappa shape index (κ2) is 3.73. The first-order chi connectivity index (χ1) is 8.69. The Morgan fingerprint density at radius 3 is 2.39 bits per heavy atom. The lowest BCUT2D eigenvalue weighted by molar-refractivity contribution is -0.207. The van der Waals surface area contributed by atoms with Gasteiger partial charge in [0.05, 0.1) is 13.2 Å². The van der Waals surface area contributed by atoms with E-state index in [9.17, 15) is 0 Å². The van der Waals surface area contributed by atoms with Crippen LogP contribution in [-0.4, -0.2) is 54.7 Å². The molecule has 0 aromatic carbocycles. The monoisotopic (exact) mass is 248 g/mol. The second-order valence-corrected chi connectivity index (χ2v) is 7.06. The van der Waals surface area contributed by atoms with Crippen molar-refractivity contribution in [1.82, 2.24) is 9.80 Å². The Labute approximate surface area is 110 Å². The Balaban J connectivity index is 1.38. The van der Waals surface area contributed by atoms with Gasteiger partial charge >= 0.3 is 0 Å². The molecule has 0 amide bonds.